The Hall–Kier alpha value is -1.33. The maximum atomic E-state index is 10.1. The summed E-state index contributed by atoms with van der Waals surface area (Å²) in [5.41, 5.74) is 0.773. The third-order valence-corrected chi connectivity index (χ3v) is 5.14. The van der Waals surface area contributed by atoms with Gasteiger partial charge in [-0.15, -0.1) is 0 Å². The van der Waals surface area contributed by atoms with E-state index in [9.17, 15) is 25.5 Å². The molecule has 0 bridgehead atoms. The molecule has 0 unspecified atom stereocenters. The van der Waals surface area contributed by atoms with Gasteiger partial charge in [-0.2, -0.15) is 0 Å². The fourth-order valence-electron chi connectivity index (χ4n) is 3.24. The van der Waals surface area contributed by atoms with Gasteiger partial charge in [0, 0.05) is 51.0 Å². The number of pyridine rings is 1. The molecule has 1 aromatic rings. The normalized spacial score (nSPS) is 15.2. The summed E-state index contributed by atoms with van der Waals surface area (Å²) in [7, 11) is 1.80. The summed E-state index contributed by atoms with van der Waals surface area (Å²) in [5.74, 6) is 0.145. The van der Waals surface area contributed by atoms with Gasteiger partial charge in [-0.25, -0.2) is 0 Å². The van der Waals surface area contributed by atoms with E-state index in [0.29, 0.717) is 26.2 Å². The number of aromatic hydroxyl groups is 1. The van der Waals surface area contributed by atoms with Crippen LogP contribution in [0, 0.1) is 0 Å². The maximum Gasteiger partial charge on any atom is 0.138 e. The minimum atomic E-state index is -1.01. The molecule has 0 saturated heterocycles. The summed E-state index contributed by atoms with van der Waals surface area (Å²) in [6, 6.07) is 1.24. The zero-order chi connectivity index (χ0) is 21.8. The molecule has 1 heterocycles. The molecule has 1 rings (SSSR count). The topological polar surface area (TPSA) is 124 Å². The van der Waals surface area contributed by atoms with E-state index in [4.69, 9.17) is 0 Å². The molecule has 9 heteroatoms. The number of aliphatic hydroxyl groups excluding tert-OH is 4. The second-order valence-electron chi connectivity index (χ2n) is 7.50. The van der Waals surface area contributed by atoms with Crippen molar-refractivity contribution in [1.29, 1.82) is 0 Å². The Kier molecular flexibility index (Phi) is 12.2. The number of likely N-dealkylation sites (N-methyl/N-ethyl adjacent to an activating group) is 2. The fourth-order valence-corrected chi connectivity index (χ4v) is 3.24. The predicted octanol–water partition coefficient (Wildman–Crippen LogP) is -1.06. The lowest BCUT2D eigenvalue weighted by Crippen LogP contribution is -2.48. The number of aromatic nitrogens is 1. The van der Waals surface area contributed by atoms with Crippen molar-refractivity contribution >= 4 is 0 Å². The van der Waals surface area contributed by atoms with Crippen molar-refractivity contribution in [3.8, 4) is 5.75 Å². The van der Waals surface area contributed by atoms with Crippen LogP contribution < -0.4 is 0 Å². The molecule has 0 aromatic carbocycles. The third-order valence-electron chi connectivity index (χ3n) is 5.14. The molecule has 0 amide bonds. The van der Waals surface area contributed by atoms with Crippen molar-refractivity contribution in [2.24, 2.45) is 0 Å². The van der Waals surface area contributed by atoms with Crippen LogP contribution in [-0.4, -0.2) is 123 Å². The monoisotopic (exact) mass is 414 g/mol. The van der Waals surface area contributed by atoms with Gasteiger partial charge in [-0.3, -0.25) is 19.7 Å². The van der Waals surface area contributed by atoms with Crippen molar-refractivity contribution in [2.45, 2.75) is 38.6 Å². The van der Waals surface area contributed by atoms with Gasteiger partial charge in [0.1, 0.15) is 5.75 Å². The molecule has 0 aliphatic heterocycles. The molecule has 0 aliphatic rings. The van der Waals surface area contributed by atoms with Crippen LogP contribution in [0.3, 0.4) is 0 Å². The highest BCUT2D eigenvalue weighted by Gasteiger charge is 2.23. The third kappa shape index (κ3) is 9.35. The Morgan fingerprint density at radius 2 is 1.69 bits per heavy atom. The number of nitrogens with zero attached hydrogens (tertiary/aromatic N) is 4. The Balaban J connectivity index is 2.77. The van der Waals surface area contributed by atoms with Crippen LogP contribution in [0.5, 0.6) is 5.75 Å². The average Bonchev–Trinajstić information content (AvgIpc) is 2.70. The minimum Gasteiger partial charge on any atom is -0.506 e. The van der Waals surface area contributed by atoms with Gasteiger partial charge in [0.25, 0.3) is 0 Å². The fraction of sp³-hybridized carbons (Fsp3) is 0.750. The van der Waals surface area contributed by atoms with Gasteiger partial charge < -0.3 is 25.5 Å². The first kappa shape index (κ1) is 25.7. The summed E-state index contributed by atoms with van der Waals surface area (Å²) in [6.07, 6.45) is 1.66. The average molecular weight is 415 g/mol. The van der Waals surface area contributed by atoms with E-state index in [1.165, 1.54) is 6.20 Å². The molecule has 0 spiro atoms. The summed E-state index contributed by atoms with van der Waals surface area (Å²) >= 11 is 0. The van der Waals surface area contributed by atoms with Gasteiger partial charge in [-0.1, -0.05) is 6.92 Å². The Labute approximate surface area is 173 Å². The quantitative estimate of drug-likeness (QED) is 0.244. The first-order valence-electron chi connectivity index (χ1n) is 10.2. The molecule has 29 heavy (non-hydrogen) atoms. The molecule has 168 valence electrons. The SMILES string of the molecule is CCN(CCN(CCN(C)[C@H](CO)[C@H](O)CO)Cc1ccncc1O)C[C@H](C)O. The molecule has 5 N–H and O–H groups in total. The zero-order valence-electron chi connectivity index (χ0n) is 17.9. The number of hydrogen-bond acceptors (Lipinski definition) is 9. The molecule has 0 saturated carbocycles. The molecule has 9 nitrogen and oxygen atoms in total. The highest BCUT2D eigenvalue weighted by atomic mass is 16.3. The second kappa shape index (κ2) is 13.8. The van der Waals surface area contributed by atoms with Crippen LogP contribution in [0.15, 0.2) is 18.5 Å². The van der Waals surface area contributed by atoms with E-state index < -0.39 is 24.9 Å². The van der Waals surface area contributed by atoms with Crippen LogP contribution >= 0.6 is 0 Å². The summed E-state index contributed by atoms with van der Waals surface area (Å²) in [5, 5.41) is 48.3. The Morgan fingerprint density at radius 3 is 2.24 bits per heavy atom. The van der Waals surface area contributed by atoms with Gasteiger partial charge in [-0.05, 0) is 26.6 Å². The standard InChI is InChI=1S/C20H38N4O5/c1-4-23(12-16(2)27)9-10-24(13-17-5-6-21-11-19(17)28)8-7-22(3)18(14-25)20(29)15-26/h5-6,11,16,18,20,25-29H,4,7-10,12-15H2,1-3H3/t16-,18+,20+/m0/s1. The van der Waals surface area contributed by atoms with E-state index >= 15 is 0 Å². The predicted molar refractivity (Wildman–Crippen MR) is 112 cm³/mol. The van der Waals surface area contributed by atoms with E-state index in [1.807, 2.05) is 4.90 Å². The van der Waals surface area contributed by atoms with Crippen LogP contribution in [-0.2, 0) is 6.54 Å². The van der Waals surface area contributed by atoms with E-state index in [-0.39, 0.29) is 12.4 Å². The second-order valence-corrected chi connectivity index (χ2v) is 7.50. The molecule has 0 radical (unpaired) electrons. The highest BCUT2D eigenvalue weighted by molar-refractivity contribution is 5.27. The van der Waals surface area contributed by atoms with Crippen LogP contribution in [0.4, 0.5) is 0 Å². The van der Waals surface area contributed by atoms with Crippen LogP contribution in [0.2, 0.25) is 0 Å². The highest BCUT2D eigenvalue weighted by Crippen LogP contribution is 2.16. The van der Waals surface area contributed by atoms with Crippen molar-refractivity contribution in [2.75, 3.05) is 59.5 Å². The van der Waals surface area contributed by atoms with Gasteiger partial charge >= 0.3 is 0 Å². The summed E-state index contributed by atoms with van der Waals surface area (Å²) in [4.78, 5) is 10.1. The largest absolute Gasteiger partial charge is 0.506 e. The first-order valence-corrected chi connectivity index (χ1v) is 10.2. The molecular formula is C20H38N4O5. The zero-order valence-corrected chi connectivity index (χ0v) is 17.9. The number of rotatable bonds is 15. The van der Waals surface area contributed by atoms with Crippen LogP contribution in [0.25, 0.3) is 0 Å². The van der Waals surface area contributed by atoms with Crippen molar-refractivity contribution in [3.05, 3.63) is 24.0 Å². The first-order chi connectivity index (χ1) is 13.8. The Morgan fingerprint density at radius 1 is 1.03 bits per heavy atom. The van der Waals surface area contributed by atoms with Gasteiger partial charge in [0.2, 0.25) is 0 Å². The summed E-state index contributed by atoms with van der Waals surface area (Å²) < 4.78 is 0. The summed E-state index contributed by atoms with van der Waals surface area (Å²) in [6.45, 7) is 7.81. The minimum absolute atomic E-state index is 0.145. The lowest BCUT2D eigenvalue weighted by Gasteiger charge is -2.33. The molecule has 0 aliphatic carbocycles. The van der Waals surface area contributed by atoms with Gasteiger partial charge in [0.15, 0.2) is 0 Å². The molecule has 3 atom stereocenters. The molecule has 1 aromatic heterocycles. The smallest absolute Gasteiger partial charge is 0.138 e. The van der Waals surface area contributed by atoms with Crippen molar-refractivity contribution in [1.82, 2.24) is 19.7 Å². The van der Waals surface area contributed by atoms with Crippen molar-refractivity contribution in [3.63, 3.8) is 0 Å². The van der Waals surface area contributed by atoms with E-state index in [1.54, 1.807) is 26.2 Å². The Bertz CT molecular complexity index is 563. The van der Waals surface area contributed by atoms with Crippen LogP contribution in [0.1, 0.15) is 19.4 Å². The lowest BCUT2D eigenvalue weighted by atomic mass is 10.1. The van der Waals surface area contributed by atoms with E-state index in [0.717, 1.165) is 25.2 Å². The lowest BCUT2D eigenvalue weighted by molar-refractivity contribution is -0.00670. The van der Waals surface area contributed by atoms with Crippen molar-refractivity contribution < 1.29 is 25.5 Å². The molecule has 0 fully saturated rings. The number of hydrogen-bond donors (Lipinski definition) is 5. The maximum absolute atomic E-state index is 10.1. The van der Waals surface area contributed by atoms with E-state index in [2.05, 4.69) is 21.7 Å². The number of aliphatic hydroxyl groups is 4. The van der Waals surface area contributed by atoms with Gasteiger partial charge in [0.05, 0.1) is 37.7 Å². The molecular weight excluding hydrogens is 376 g/mol.